The molecule has 21 heavy (non-hydrogen) atoms. The van der Waals surface area contributed by atoms with Crippen molar-refractivity contribution in [2.45, 2.75) is 44.9 Å². The second kappa shape index (κ2) is 8.19. The third-order valence-corrected chi connectivity index (χ3v) is 3.75. The molecule has 0 aromatic carbocycles. The van der Waals surface area contributed by atoms with Gasteiger partial charge in [0.15, 0.2) is 0 Å². The summed E-state index contributed by atoms with van der Waals surface area (Å²) in [5.74, 6) is -0.841. The van der Waals surface area contributed by atoms with Crippen LogP contribution in [0.5, 0.6) is 0 Å². The minimum atomic E-state index is -0.841. The van der Waals surface area contributed by atoms with Crippen molar-refractivity contribution in [2.75, 3.05) is 33.9 Å². The SMILES string of the molecule is COC1CN(C(=O)N(CCCC(=O)O)C(C)C)CC1OC. The highest BCUT2D eigenvalue weighted by molar-refractivity contribution is 5.75. The van der Waals surface area contributed by atoms with Gasteiger partial charge in [-0.15, -0.1) is 0 Å². The number of amides is 2. The fourth-order valence-electron chi connectivity index (χ4n) is 2.51. The number of hydrogen-bond donors (Lipinski definition) is 1. The Labute approximate surface area is 125 Å². The summed E-state index contributed by atoms with van der Waals surface area (Å²) in [5.41, 5.74) is 0. The molecule has 7 heteroatoms. The Balaban J connectivity index is 2.62. The predicted octanol–water partition coefficient (Wildman–Crippen LogP) is 1.03. The second-order valence-electron chi connectivity index (χ2n) is 5.52. The number of likely N-dealkylation sites (tertiary alicyclic amines) is 1. The highest BCUT2D eigenvalue weighted by Crippen LogP contribution is 2.18. The fraction of sp³-hybridized carbons (Fsp3) is 0.857. The van der Waals surface area contributed by atoms with Crippen molar-refractivity contribution < 1.29 is 24.2 Å². The number of rotatable bonds is 7. The standard InChI is InChI=1S/C14H26N2O5/c1-10(2)16(7-5-6-13(17)18)14(19)15-8-11(20-3)12(9-15)21-4/h10-12H,5-9H2,1-4H3,(H,17,18). The Morgan fingerprint density at radius 3 is 2.14 bits per heavy atom. The predicted molar refractivity (Wildman–Crippen MR) is 77.3 cm³/mol. The lowest BCUT2D eigenvalue weighted by Crippen LogP contribution is -2.46. The zero-order chi connectivity index (χ0) is 16.0. The van der Waals surface area contributed by atoms with Crippen LogP contribution in [-0.4, -0.2) is 79.0 Å². The topological polar surface area (TPSA) is 79.3 Å². The average Bonchev–Trinajstić information content (AvgIpc) is 2.85. The third-order valence-electron chi connectivity index (χ3n) is 3.75. The van der Waals surface area contributed by atoms with Gasteiger partial charge in [-0.1, -0.05) is 0 Å². The average molecular weight is 302 g/mol. The molecule has 2 amide bonds. The van der Waals surface area contributed by atoms with E-state index in [1.54, 1.807) is 24.0 Å². The number of carbonyl (C=O) groups excluding carboxylic acids is 1. The first kappa shape index (κ1) is 17.7. The van der Waals surface area contributed by atoms with Crippen molar-refractivity contribution >= 4 is 12.0 Å². The summed E-state index contributed by atoms with van der Waals surface area (Å²) < 4.78 is 10.7. The van der Waals surface area contributed by atoms with Crippen molar-refractivity contribution in [3.05, 3.63) is 0 Å². The first-order chi connectivity index (χ1) is 9.90. The van der Waals surface area contributed by atoms with Crippen molar-refractivity contribution in [1.82, 2.24) is 9.80 Å². The molecular formula is C14H26N2O5. The molecule has 0 aliphatic carbocycles. The van der Waals surface area contributed by atoms with Crippen molar-refractivity contribution in [3.8, 4) is 0 Å². The van der Waals surface area contributed by atoms with Gasteiger partial charge >= 0.3 is 12.0 Å². The van der Waals surface area contributed by atoms with E-state index in [4.69, 9.17) is 14.6 Å². The lowest BCUT2D eigenvalue weighted by atomic mass is 10.2. The molecule has 122 valence electrons. The number of hydrogen-bond acceptors (Lipinski definition) is 4. The van der Waals surface area contributed by atoms with E-state index in [1.165, 1.54) is 0 Å². The summed E-state index contributed by atoms with van der Waals surface area (Å²) in [6.45, 7) is 5.28. The van der Waals surface area contributed by atoms with Gasteiger partial charge in [-0.3, -0.25) is 4.79 Å². The molecule has 0 radical (unpaired) electrons. The Morgan fingerprint density at radius 2 is 1.76 bits per heavy atom. The highest BCUT2D eigenvalue weighted by atomic mass is 16.5. The van der Waals surface area contributed by atoms with E-state index in [9.17, 15) is 9.59 Å². The molecule has 1 rings (SSSR count). The van der Waals surface area contributed by atoms with Crippen LogP contribution in [0.2, 0.25) is 0 Å². The smallest absolute Gasteiger partial charge is 0.320 e. The summed E-state index contributed by atoms with van der Waals surface area (Å²) >= 11 is 0. The van der Waals surface area contributed by atoms with Gasteiger partial charge in [0, 0.05) is 33.2 Å². The van der Waals surface area contributed by atoms with Crippen LogP contribution >= 0.6 is 0 Å². The maximum Gasteiger partial charge on any atom is 0.320 e. The summed E-state index contributed by atoms with van der Waals surface area (Å²) in [4.78, 5) is 26.6. The molecule has 0 bridgehead atoms. The quantitative estimate of drug-likeness (QED) is 0.760. The number of carboxylic acids is 1. The molecule has 2 unspecified atom stereocenters. The number of nitrogens with zero attached hydrogens (tertiary/aromatic N) is 2. The molecule has 2 atom stereocenters. The molecule has 1 aliphatic rings. The van der Waals surface area contributed by atoms with Gasteiger partial charge in [0.2, 0.25) is 0 Å². The van der Waals surface area contributed by atoms with Crippen molar-refractivity contribution in [1.29, 1.82) is 0 Å². The van der Waals surface area contributed by atoms with E-state index < -0.39 is 5.97 Å². The van der Waals surface area contributed by atoms with E-state index in [0.717, 1.165) is 0 Å². The van der Waals surface area contributed by atoms with Crippen molar-refractivity contribution in [2.24, 2.45) is 0 Å². The van der Waals surface area contributed by atoms with Gasteiger partial charge in [0.25, 0.3) is 0 Å². The van der Waals surface area contributed by atoms with E-state index in [1.807, 2.05) is 13.8 Å². The molecule has 0 aromatic heterocycles. The molecule has 1 aliphatic heterocycles. The number of ether oxygens (including phenoxy) is 2. The van der Waals surface area contributed by atoms with Gasteiger partial charge in [0.05, 0.1) is 13.1 Å². The molecule has 1 heterocycles. The van der Waals surface area contributed by atoms with Crippen LogP contribution in [0.1, 0.15) is 26.7 Å². The zero-order valence-corrected chi connectivity index (χ0v) is 13.2. The molecule has 1 N–H and O–H groups in total. The lowest BCUT2D eigenvalue weighted by Gasteiger charge is -2.31. The molecule has 0 spiro atoms. The minimum Gasteiger partial charge on any atom is -0.481 e. The van der Waals surface area contributed by atoms with E-state index in [2.05, 4.69) is 0 Å². The summed E-state index contributed by atoms with van der Waals surface area (Å²) in [7, 11) is 3.22. The van der Waals surface area contributed by atoms with Gasteiger partial charge in [-0.25, -0.2) is 4.79 Å². The number of aliphatic carboxylic acids is 1. The Morgan fingerprint density at radius 1 is 1.24 bits per heavy atom. The van der Waals surface area contributed by atoms with Crippen LogP contribution < -0.4 is 0 Å². The second-order valence-corrected chi connectivity index (χ2v) is 5.52. The van der Waals surface area contributed by atoms with E-state index in [0.29, 0.717) is 26.1 Å². The Hall–Kier alpha value is -1.34. The molecule has 0 aromatic rings. The van der Waals surface area contributed by atoms with Gasteiger partial charge < -0.3 is 24.4 Å². The summed E-state index contributed by atoms with van der Waals surface area (Å²) in [6, 6.07) is -0.0640. The number of carboxylic acid groups (broad SMARTS) is 1. The highest BCUT2D eigenvalue weighted by Gasteiger charge is 2.37. The monoisotopic (exact) mass is 302 g/mol. The maximum absolute atomic E-state index is 12.6. The molecule has 1 saturated heterocycles. The lowest BCUT2D eigenvalue weighted by molar-refractivity contribution is -0.137. The minimum absolute atomic E-state index is 0.0221. The van der Waals surface area contributed by atoms with Crippen LogP contribution in [0.4, 0.5) is 4.79 Å². The zero-order valence-electron chi connectivity index (χ0n) is 13.2. The third kappa shape index (κ3) is 4.86. The molecule has 1 fully saturated rings. The van der Waals surface area contributed by atoms with Crippen molar-refractivity contribution in [3.63, 3.8) is 0 Å². The van der Waals surface area contributed by atoms with Crippen LogP contribution in [0.25, 0.3) is 0 Å². The van der Waals surface area contributed by atoms with E-state index >= 15 is 0 Å². The molecule has 7 nitrogen and oxygen atoms in total. The van der Waals surface area contributed by atoms with Crippen LogP contribution in [0.15, 0.2) is 0 Å². The summed E-state index contributed by atoms with van der Waals surface area (Å²) in [6.07, 6.45) is 0.283. The molecular weight excluding hydrogens is 276 g/mol. The largest absolute Gasteiger partial charge is 0.481 e. The number of carbonyl (C=O) groups is 2. The summed E-state index contributed by atoms with van der Waals surface area (Å²) in [5, 5.41) is 8.70. The first-order valence-electron chi connectivity index (χ1n) is 7.23. The van der Waals surface area contributed by atoms with Crippen LogP contribution in [0.3, 0.4) is 0 Å². The van der Waals surface area contributed by atoms with Crippen LogP contribution in [0, 0.1) is 0 Å². The first-order valence-corrected chi connectivity index (χ1v) is 7.23. The fourth-order valence-corrected chi connectivity index (χ4v) is 2.51. The normalized spacial score (nSPS) is 21.9. The van der Waals surface area contributed by atoms with Gasteiger partial charge in [-0.05, 0) is 20.3 Å². The maximum atomic E-state index is 12.6. The molecule has 0 saturated carbocycles. The number of methoxy groups -OCH3 is 2. The Kier molecular flexibility index (Phi) is 6.91. The van der Waals surface area contributed by atoms with E-state index in [-0.39, 0.29) is 30.7 Å². The van der Waals surface area contributed by atoms with Gasteiger partial charge in [-0.2, -0.15) is 0 Å². The Bertz CT molecular complexity index is 349. The number of urea groups is 1. The van der Waals surface area contributed by atoms with Crippen LogP contribution in [-0.2, 0) is 14.3 Å². The van der Waals surface area contributed by atoms with Gasteiger partial charge in [0.1, 0.15) is 12.2 Å².